The molecule has 1 aliphatic heterocycles. The Bertz CT molecular complexity index is 608. The van der Waals surface area contributed by atoms with Gasteiger partial charge in [0.15, 0.2) is 10.9 Å². The van der Waals surface area contributed by atoms with Gasteiger partial charge in [0.05, 0.1) is 0 Å². The van der Waals surface area contributed by atoms with Crippen LogP contribution in [-0.4, -0.2) is 48.0 Å². The van der Waals surface area contributed by atoms with E-state index in [1.807, 2.05) is 24.3 Å². The molecule has 0 unspecified atom stereocenters. The second kappa shape index (κ2) is 8.17. The molecule has 25 heavy (non-hydrogen) atoms. The second-order valence-corrected chi connectivity index (χ2v) is 7.78. The van der Waals surface area contributed by atoms with Gasteiger partial charge in [0.2, 0.25) is 0 Å². The maximum Gasteiger partial charge on any atom is 0.169 e. The van der Waals surface area contributed by atoms with E-state index in [-0.39, 0.29) is 5.78 Å². The van der Waals surface area contributed by atoms with Crippen LogP contribution in [0.2, 0.25) is 0 Å². The summed E-state index contributed by atoms with van der Waals surface area (Å²) in [5, 5.41) is 4.54. The third-order valence-electron chi connectivity index (χ3n) is 5.63. The number of hydrogen-bond donors (Lipinski definition) is 1. The van der Waals surface area contributed by atoms with E-state index in [1.54, 1.807) is 6.92 Å². The fourth-order valence-corrected chi connectivity index (χ4v) is 4.19. The highest BCUT2D eigenvalue weighted by Crippen LogP contribution is 2.24. The zero-order valence-electron chi connectivity index (χ0n) is 15.3. The number of nitrogens with zero attached hydrogens (tertiary/aromatic N) is 2. The first-order chi connectivity index (χ1) is 12.0. The summed E-state index contributed by atoms with van der Waals surface area (Å²) >= 11 is 5.67. The van der Waals surface area contributed by atoms with E-state index in [1.165, 1.54) is 31.4 Å². The molecule has 5 heteroatoms. The fourth-order valence-electron chi connectivity index (χ4n) is 3.86. The summed E-state index contributed by atoms with van der Waals surface area (Å²) in [6, 6.07) is 8.47. The van der Waals surface area contributed by atoms with Crippen LogP contribution in [-0.2, 0) is 0 Å². The van der Waals surface area contributed by atoms with Crippen LogP contribution in [0.5, 0.6) is 0 Å². The minimum Gasteiger partial charge on any atom is -0.368 e. The van der Waals surface area contributed by atoms with Gasteiger partial charge >= 0.3 is 0 Å². The summed E-state index contributed by atoms with van der Waals surface area (Å²) in [7, 11) is 0. The van der Waals surface area contributed by atoms with E-state index in [0.717, 1.165) is 36.9 Å². The highest BCUT2D eigenvalue weighted by Gasteiger charge is 2.25. The van der Waals surface area contributed by atoms with Gasteiger partial charge in [0.1, 0.15) is 0 Å². The van der Waals surface area contributed by atoms with Gasteiger partial charge in [-0.2, -0.15) is 0 Å². The maximum atomic E-state index is 11.4. The van der Waals surface area contributed by atoms with Gasteiger partial charge in [0, 0.05) is 43.5 Å². The molecule has 0 radical (unpaired) electrons. The van der Waals surface area contributed by atoms with Gasteiger partial charge in [0.25, 0.3) is 0 Å². The molecule has 2 aliphatic rings. The molecule has 0 aromatic heterocycles. The summed E-state index contributed by atoms with van der Waals surface area (Å²) < 4.78 is 0. The lowest BCUT2D eigenvalue weighted by Crippen LogP contribution is -2.54. The van der Waals surface area contributed by atoms with Crippen LogP contribution < -0.4 is 10.2 Å². The standard InChI is InChI=1S/C20H29N3OS/c1-15-5-3-4-6-19(15)21-20(25)23-13-11-22(12-14-23)18-9-7-17(8-10-18)16(2)24/h7-10,15,19H,3-6,11-14H2,1-2H3,(H,21,25)/t15-,19+/m0/s1. The van der Waals surface area contributed by atoms with Crippen molar-refractivity contribution in [1.82, 2.24) is 10.2 Å². The van der Waals surface area contributed by atoms with Crippen molar-refractivity contribution in [3.05, 3.63) is 29.8 Å². The van der Waals surface area contributed by atoms with Crippen molar-refractivity contribution >= 4 is 28.8 Å². The van der Waals surface area contributed by atoms with Crippen molar-refractivity contribution in [1.29, 1.82) is 0 Å². The lowest BCUT2D eigenvalue weighted by atomic mass is 9.86. The number of nitrogens with one attached hydrogen (secondary N) is 1. The second-order valence-electron chi connectivity index (χ2n) is 7.39. The minimum atomic E-state index is 0.115. The molecule has 1 heterocycles. The third kappa shape index (κ3) is 4.51. The van der Waals surface area contributed by atoms with Crippen LogP contribution in [0.25, 0.3) is 0 Å². The van der Waals surface area contributed by atoms with Crippen LogP contribution in [0.1, 0.15) is 49.9 Å². The van der Waals surface area contributed by atoms with E-state index in [9.17, 15) is 4.79 Å². The molecule has 1 saturated heterocycles. The summed E-state index contributed by atoms with van der Waals surface area (Å²) in [6.07, 6.45) is 5.22. The molecule has 0 bridgehead atoms. The first-order valence-electron chi connectivity index (χ1n) is 9.46. The first kappa shape index (κ1) is 18.2. The van der Waals surface area contributed by atoms with Crippen molar-refractivity contribution in [2.75, 3.05) is 31.1 Å². The van der Waals surface area contributed by atoms with Crippen molar-refractivity contribution in [2.24, 2.45) is 5.92 Å². The van der Waals surface area contributed by atoms with Crippen LogP contribution in [0.3, 0.4) is 0 Å². The number of anilines is 1. The largest absolute Gasteiger partial charge is 0.368 e. The molecule has 1 aromatic rings. The number of hydrogen-bond acceptors (Lipinski definition) is 3. The molecule has 1 aromatic carbocycles. The molecular formula is C20H29N3OS. The Kier molecular flexibility index (Phi) is 5.94. The summed E-state index contributed by atoms with van der Waals surface area (Å²) in [4.78, 5) is 16.1. The lowest BCUT2D eigenvalue weighted by molar-refractivity contribution is 0.101. The molecule has 2 atom stereocenters. The van der Waals surface area contributed by atoms with Gasteiger partial charge in [-0.3, -0.25) is 4.79 Å². The minimum absolute atomic E-state index is 0.115. The van der Waals surface area contributed by atoms with Crippen molar-refractivity contribution in [3.8, 4) is 0 Å². The van der Waals surface area contributed by atoms with Gasteiger partial charge in [-0.25, -0.2) is 0 Å². The first-order valence-corrected chi connectivity index (χ1v) is 9.87. The van der Waals surface area contributed by atoms with E-state index >= 15 is 0 Å². The number of rotatable bonds is 3. The maximum absolute atomic E-state index is 11.4. The van der Waals surface area contributed by atoms with Crippen LogP contribution in [0.15, 0.2) is 24.3 Å². The van der Waals surface area contributed by atoms with Crippen molar-refractivity contribution in [3.63, 3.8) is 0 Å². The topological polar surface area (TPSA) is 35.6 Å². The summed E-state index contributed by atoms with van der Waals surface area (Å²) in [5.74, 6) is 0.831. The van der Waals surface area contributed by atoms with Gasteiger partial charge in [-0.05, 0) is 62.2 Å². The molecule has 1 saturated carbocycles. The monoisotopic (exact) mass is 359 g/mol. The Morgan fingerprint density at radius 3 is 2.32 bits per heavy atom. The number of benzene rings is 1. The molecule has 1 aliphatic carbocycles. The summed E-state index contributed by atoms with van der Waals surface area (Å²) in [5.41, 5.74) is 1.96. The molecule has 0 spiro atoms. The van der Waals surface area contributed by atoms with E-state index in [4.69, 9.17) is 12.2 Å². The Balaban J connectivity index is 1.51. The molecule has 0 amide bonds. The smallest absolute Gasteiger partial charge is 0.169 e. The van der Waals surface area contributed by atoms with Crippen LogP contribution in [0.4, 0.5) is 5.69 Å². The number of Topliss-reactive ketones (excluding diaryl/α,β-unsaturated/α-hetero) is 1. The molecule has 2 fully saturated rings. The SMILES string of the molecule is CC(=O)c1ccc(N2CCN(C(=S)N[C@@H]3CCCC[C@@H]3C)CC2)cc1. The Morgan fingerprint density at radius 1 is 1.08 bits per heavy atom. The average molecular weight is 360 g/mol. The Hall–Kier alpha value is -1.62. The molecule has 4 nitrogen and oxygen atoms in total. The molecule has 3 rings (SSSR count). The Morgan fingerprint density at radius 2 is 1.72 bits per heavy atom. The number of thiocarbonyl (C=S) groups is 1. The van der Waals surface area contributed by atoms with Crippen molar-refractivity contribution < 1.29 is 4.79 Å². The molecule has 1 N–H and O–H groups in total. The number of piperazine rings is 1. The lowest BCUT2D eigenvalue weighted by Gasteiger charge is -2.39. The molecular weight excluding hydrogens is 330 g/mol. The quantitative estimate of drug-likeness (QED) is 0.660. The number of carbonyl (C=O) groups excluding carboxylic acids is 1. The predicted octanol–water partition coefficient (Wildman–Crippen LogP) is 3.46. The predicted molar refractivity (Wildman–Crippen MR) is 107 cm³/mol. The van der Waals surface area contributed by atoms with Crippen molar-refractivity contribution in [2.45, 2.75) is 45.6 Å². The normalized spacial score (nSPS) is 24.1. The zero-order chi connectivity index (χ0) is 17.8. The van der Waals surface area contributed by atoms with Crippen LogP contribution >= 0.6 is 12.2 Å². The number of ketones is 1. The average Bonchev–Trinajstić information content (AvgIpc) is 2.64. The van der Waals surface area contributed by atoms with Crippen LogP contribution in [0, 0.1) is 5.92 Å². The fraction of sp³-hybridized carbons (Fsp3) is 0.600. The van der Waals surface area contributed by atoms with Gasteiger partial charge in [-0.15, -0.1) is 0 Å². The van der Waals surface area contributed by atoms with E-state index < -0.39 is 0 Å². The van der Waals surface area contributed by atoms with Gasteiger partial charge in [-0.1, -0.05) is 19.8 Å². The third-order valence-corrected chi connectivity index (χ3v) is 6.00. The zero-order valence-corrected chi connectivity index (χ0v) is 16.1. The number of carbonyl (C=O) groups is 1. The molecule has 136 valence electrons. The van der Waals surface area contributed by atoms with Gasteiger partial charge < -0.3 is 15.1 Å². The summed E-state index contributed by atoms with van der Waals surface area (Å²) in [6.45, 7) is 7.75. The highest BCUT2D eigenvalue weighted by atomic mass is 32.1. The van der Waals surface area contributed by atoms with E-state index in [0.29, 0.717) is 12.0 Å². The Labute approximate surface area is 156 Å². The highest BCUT2D eigenvalue weighted by molar-refractivity contribution is 7.80. The van der Waals surface area contributed by atoms with E-state index in [2.05, 4.69) is 22.0 Å².